The molecule has 78 valence electrons. The van der Waals surface area contributed by atoms with Gasteiger partial charge in [0.15, 0.2) is 11.5 Å². The maximum atomic E-state index is 10.6. The van der Waals surface area contributed by atoms with Crippen molar-refractivity contribution in [3.8, 4) is 17.6 Å². The van der Waals surface area contributed by atoms with Gasteiger partial charge in [-0.1, -0.05) is 6.07 Å². The summed E-state index contributed by atoms with van der Waals surface area (Å²) in [6.45, 7) is 0. The molecule has 0 aliphatic heterocycles. The second-order valence-corrected chi connectivity index (χ2v) is 2.86. The molecule has 1 aromatic rings. The minimum atomic E-state index is -0.759. The minimum Gasteiger partial charge on any atom is -0.493 e. The van der Waals surface area contributed by atoms with Gasteiger partial charge in [0, 0.05) is 0 Å². The van der Waals surface area contributed by atoms with Gasteiger partial charge in [0.1, 0.15) is 12.2 Å². The third kappa shape index (κ3) is 2.26. The fourth-order valence-corrected chi connectivity index (χ4v) is 1.23. The molecule has 0 fully saturated rings. The Kier molecular flexibility index (Phi) is 3.69. The van der Waals surface area contributed by atoms with Gasteiger partial charge in [-0.15, -0.1) is 0 Å². The molecular weight excluding hydrogens is 194 g/mol. The van der Waals surface area contributed by atoms with Gasteiger partial charge in [0.05, 0.1) is 20.3 Å². The molecular formula is C11H11NO3. The fraction of sp³-hybridized carbons (Fsp3) is 0.273. The van der Waals surface area contributed by atoms with Crippen molar-refractivity contribution in [1.29, 1.82) is 5.26 Å². The summed E-state index contributed by atoms with van der Waals surface area (Å²) in [6, 6.07) is 6.86. The summed E-state index contributed by atoms with van der Waals surface area (Å²) in [6.07, 6.45) is 0.598. The first-order valence-electron chi connectivity index (χ1n) is 4.33. The lowest BCUT2D eigenvalue weighted by atomic mass is 10.0. The number of ether oxygens (including phenoxy) is 2. The van der Waals surface area contributed by atoms with E-state index in [0.29, 0.717) is 23.3 Å². The molecule has 0 N–H and O–H groups in total. The van der Waals surface area contributed by atoms with Crippen LogP contribution < -0.4 is 9.47 Å². The lowest BCUT2D eigenvalue weighted by Gasteiger charge is -2.09. The zero-order valence-corrected chi connectivity index (χ0v) is 8.56. The Bertz CT molecular complexity index is 395. The van der Waals surface area contributed by atoms with E-state index < -0.39 is 5.92 Å². The molecule has 1 aromatic carbocycles. The molecule has 4 heteroatoms. The Morgan fingerprint density at radius 2 is 2.00 bits per heavy atom. The topological polar surface area (TPSA) is 59.3 Å². The predicted molar refractivity (Wildman–Crippen MR) is 54.0 cm³/mol. The molecule has 0 amide bonds. The molecule has 0 aliphatic rings. The maximum absolute atomic E-state index is 10.6. The third-order valence-corrected chi connectivity index (χ3v) is 2.04. The molecule has 0 saturated carbocycles. The Morgan fingerprint density at radius 1 is 1.33 bits per heavy atom. The average Bonchev–Trinajstić information content (AvgIpc) is 2.30. The van der Waals surface area contributed by atoms with Gasteiger partial charge >= 0.3 is 0 Å². The quantitative estimate of drug-likeness (QED) is 0.699. The van der Waals surface area contributed by atoms with E-state index in [1.807, 2.05) is 6.07 Å². The first-order chi connectivity index (χ1) is 7.26. The maximum Gasteiger partial charge on any atom is 0.161 e. The van der Waals surface area contributed by atoms with Crippen molar-refractivity contribution < 1.29 is 14.3 Å². The van der Waals surface area contributed by atoms with Crippen LogP contribution >= 0.6 is 0 Å². The molecule has 0 saturated heterocycles. The first-order valence-corrected chi connectivity index (χ1v) is 4.33. The second kappa shape index (κ2) is 5.01. The molecule has 0 aromatic heterocycles. The summed E-state index contributed by atoms with van der Waals surface area (Å²) in [5.74, 6) is 0.325. The van der Waals surface area contributed by atoms with E-state index in [4.69, 9.17) is 14.7 Å². The van der Waals surface area contributed by atoms with Gasteiger partial charge in [0.25, 0.3) is 0 Å². The van der Waals surface area contributed by atoms with E-state index >= 15 is 0 Å². The van der Waals surface area contributed by atoms with Crippen molar-refractivity contribution >= 4 is 6.29 Å². The normalized spacial score (nSPS) is 11.3. The molecule has 1 atom stereocenters. The lowest BCUT2D eigenvalue weighted by Crippen LogP contribution is -1.98. The molecule has 0 spiro atoms. The average molecular weight is 205 g/mol. The standard InChI is InChI=1S/C11H11NO3/c1-14-10-4-3-8(5-11(10)15-2)9(6-12)7-13/h3-5,7,9H,1-2H3/t9-/m1/s1. The van der Waals surface area contributed by atoms with Crippen LogP contribution in [0.1, 0.15) is 11.5 Å². The molecule has 15 heavy (non-hydrogen) atoms. The Hall–Kier alpha value is -2.02. The zero-order chi connectivity index (χ0) is 11.3. The van der Waals surface area contributed by atoms with Crippen LogP contribution in [0.5, 0.6) is 11.5 Å². The number of carbonyl (C=O) groups is 1. The van der Waals surface area contributed by atoms with Gasteiger partial charge in [0.2, 0.25) is 0 Å². The number of hydrogen-bond acceptors (Lipinski definition) is 4. The van der Waals surface area contributed by atoms with Crippen molar-refractivity contribution in [2.45, 2.75) is 5.92 Å². The van der Waals surface area contributed by atoms with Crippen molar-refractivity contribution in [2.24, 2.45) is 0 Å². The van der Waals surface area contributed by atoms with Gasteiger partial charge in [-0.25, -0.2) is 0 Å². The van der Waals surface area contributed by atoms with E-state index in [2.05, 4.69) is 0 Å². The summed E-state index contributed by atoms with van der Waals surface area (Å²) in [5.41, 5.74) is 0.602. The van der Waals surface area contributed by atoms with E-state index in [1.165, 1.54) is 14.2 Å². The molecule has 0 unspecified atom stereocenters. The number of rotatable bonds is 4. The van der Waals surface area contributed by atoms with E-state index in [-0.39, 0.29) is 0 Å². The summed E-state index contributed by atoms with van der Waals surface area (Å²) in [5, 5.41) is 8.72. The Labute approximate surface area is 88.0 Å². The number of nitriles is 1. The van der Waals surface area contributed by atoms with Crippen molar-refractivity contribution in [3.63, 3.8) is 0 Å². The van der Waals surface area contributed by atoms with Gasteiger partial charge in [-0.2, -0.15) is 5.26 Å². The van der Waals surface area contributed by atoms with Crippen LogP contribution in [0, 0.1) is 11.3 Å². The van der Waals surface area contributed by atoms with Crippen LogP contribution in [0.3, 0.4) is 0 Å². The Balaban J connectivity index is 3.13. The summed E-state index contributed by atoms with van der Waals surface area (Å²) in [4.78, 5) is 10.6. The number of hydrogen-bond donors (Lipinski definition) is 0. The molecule has 4 nitrogen and oxygen atoms in total. The minimum absolute atomic E-state index is 0.511. The van der Waals surface area contributed by atoms with Crippen LogP contribution in [0.15, 0.2) is 18.2 Å². The van der Waals surface area contributed by atoms with Crippen LogP contribution in [0.2, 0.25) is 0 Å². The van der Waals surface area contributed by atoms with Crippen LogP contribution in [-0.2, 0) is 4.79 Å². The van der Waals surface area contributed by atoms with E-state index in [9.17, 15) is 4.79 Å². The van der Waals surface area contributed by atoms with Gasteiger partial charge in [-0.3, -0.25) is 0 Å². The number of benzene rings is 1. The third-order valence-electron chi connectivity index (χ3n) is 2.04. The second-order valence-electron chi connectivity index (χ2n) is 2.86. The SMILES string of the molecule is COc1ccc([C@H](C#N)C=O)cc1OC. The smallest absolute Gasteiger partial charge is 0.161 e. The summed E-state index contributed by atoms with van der Waals surface area (Å²) in [7, 11) is 3.03. The molecule has 0 radical (unpaired) electrons. The zero-order valence-electron chi connectivity index (χ0n) is 8.56. The first kappa shape index (κ1) is 11.1. The number of nitrogens with zero attached hydrogens (tertiary/aromatic N) is 1. The molecule has 1 rings (SSSR count). The number of aldehydes is 1. The summed E-state index contributed by atoms with van der Waals surface area (Å²) >= 11 is 0. The van der Waals surface area contributed by atoms with Crippen LogP contribution in [0.4, 0.5) is 0 Å². The van der Waals surface area contributed by atoms with Crippen LogP contribution in [-0.4, -0.2) is 20.5 Å². The predicted octanol–water partition coefficient (Wildman–Crippen LogP) is 1.51. The highest BCUT2D eigenvalue weighted by Gasteiger charge is 2.12. The van der Waals surface area contributed by atoms with E-state index in [1.54, 1.807) is 18.2 Å². The van der Waals surface area contributed by atoms with Gasteiger partial charge in [-0.05, 0) is 17.7 Å². The monoisotopic (exact) mass is 205 g/mol. The Morgan fingerprint density at radius 3 is 2.47 bits per heavy atom. The molecule has 0 heterocycles. The van der Waals surface area contributed by atoms with E-state index in [0.717, 1.165) is 0 Å². The number of carbonyl (C=O) groups excluding carboxylic acids is 1. The highest BCUT2D eigenvalue weighted by atomic mass is 16.5. The molecule has 0 aliphatic carbocycles. The number of methoxy groups -OCH3 is 2. The molecule has 0 bridgehead atoms. The largest absolute Gasteiger partial charge is 0.493 e. The highest BCUT2D eigenvalue weighted by Crippen LogP contribution is 2.29. The lowest BCUT2D eigenvalue weighted by molar-refractivity contribution is -0.108. The van der Waals surface area contributed by atoms with Crippen molar-refractivity contribution in [3.05, 3.63) is 23.8 Å². The van der Waals surface area contributed by atoms with Gasteiger partial charge < -0.3 is 14.3 Å². The summed E-state index contributed by atoms with van der Waals surface area (Å²) < 4.78 is 10.1. The van der Waals surface area contributed by atoms with Crippen molar-refractivity contribution in [2.75, 3.05) is 14.2 Å². The highest BCUT2D eigenvalue weighted by molar-refractivity contribution is 5.67. The fourth-order valence-electron chi connectivity index (χ4n) is 1.23. The van der Waals surface area contributed by atoms with Crippen LogP contribution in [0.25, 0.3) is 0 Å². The van der Waals surface area contributed by atoms with Crippen molar-refractivity contribution in [1.82, 2.24) is 0 Å².